The second-order valence-corrected chi connectivity index (χ2v) is 9.96. The van der Waals surface area contributed by atoms with Gasteiger partial charge in [-0.2, -0.15) is 13.2 Å². The van der Waals surface area contributed by atoms with E-state index >= 15 is 0 Å². The first-order valence-corrected chi connectivity index (χ1v) is 11.7. The largest absolute Gasteiger partial charge is 0.490 e. The van der Waals surface area contributed by atoms with Crippen molar-refractivity contribution in [1.82, 2.24) is 15.1 Å². The van der Waals surface area contributed by atoms with E-state index in [9.17, 15) is 27.2 Å². The number of carbonyl (C=O) groups excluding carboxylic acids is 2. The summed E-state index contributed by atoms with van der Waals surface area (Å²) in [5.74, 6) is -1.71. The lowest BCUT2D eigenvalue weighted by molar-refractivity contribution is -0.192. The Morgan fingerprint density at radius 2 is 1.71 bits per heavy atom. The maximum absolute atomic E-state index is 13.1. The van der Waals surface area contributed by atoms with E-state index in [1.165, 1.54) is 12.1 Å². The summed E-state index contributed by atoms with van der Waals surface area (Å²) in [6, 6.07) is 6.13. The summed E-state index contributed by atoms with van der Waals surface area (Å²) in [5, 5.41) is 10.4. The third kappa shape index (κ3) is 6.50. The number of halogens is 4. The molecule has 1 spiro atoms. The molecule has 3 aliphatic rings. The molecule has 2 atom stereocenters. The zero-order valence-electron chi connectivity index (χ0n) is 19.8. The molecule has 2 amide bonds. The van der Waals surface area contributed by atoms with Gasteiger partial charge in [-0.15, -0.1) is 0 Å². The van der Waals surface area contributed by atoms with Crippen molar-refractivity contribution in [3.8, 4) is 0 Å². The smallest absolute Gasteiger partial charge is 0.475 e. The number of nitrogens with zero attached hydrogens (tertiary/aromatic N) is 2. The van der Waals surface area contributed by atoms with Gasteiger partial charge in [0.05, 0.1) is 12.3 Å². The Morgan fingerprint density at radius 1 is 1.14 bits per heavy atom. The van der Waals surface area contributed by atoms with Crippen LogP contribution in [0.3, 0.4) is 0 Å². The second kappa shape index (κ2) is 10.5. The zero-order valence-corrected chi connectivity index (χ0v) is 19.8. The molecule has 0 aromatic heterocycles. The number of alkyl halides is 3. The van der Waals surface area contributed by atoms with Crippen molar-refractivity contribution in [1.29, 1.82) is 0 Å². The van der Waals surface area contributed by atoms with Crippen LogP contribution in [-0.4, -0.2) is 77.1 Å². The van der Waals surface area contributed by atoms with Gasteiger partial charge in [0.25, 0.3) is 0 Å². The molecule has 4 rings (SSSR count). The number of nitrogens with one attached hydrogen (secondary N) is 1. The number of carbonyl (C=O) groups is 3. The van der Waals surface area contributed by atoms with Crippen LogP contribution in [0.1, 0.15) is 32.3 Å². The van der Waals surface area contributed by atoms with Crippen LogP contribution >= 0.6 is 0 Å². The van der Waals surface area contributed by atoms with E-state index in [1.807, 2.05) is 4.90 Å². The summed E-state index contributed by atoms with van der Waals surface area (Å²) >= 11 is 0. The molecule has 3 saturated heterocycles. The summed E-state index contributed by atoms with van der Waals surface area (Å²) in [6.45, 7) is 8.67. The maximum Gasteiger partial charge on any atom is 0.490 e. The minimum atomic E-state index is -5.08. The number of hydrogen-bond donors (Lipinski definition) is 2. The van der Waals surface area contributed by atoms with Crippen LogP contribution in [0.15, 0.2) is 24.3 Å². The molecule has 0 radical (unpaired) electrons. The van der Waals surface area contributed by atoms with Crippen molar-refractivity contribution >= 4 is 17.8 Å². The van der Waals surface area contributed by atoms with Crippen molar-refractivity contribution in [2.45, 2.75) is 44.8 Å². The number of benzene rings is 1. The number of fused-ring (bicyclic) bond motifs is 2. The molecule has 3 aliphatic heterocycles. The lowest BCUT2D eigenvalue weighted by Gasteiger charge is -2.43. The number of aliphatic carboxylic acids is 1. The van der Waals surface area contributed by atoms with Crippen LogP contribution < -0.4 is 5.32 Å². The Balaban J connectivity index is 0.000000429. The van der Waals surface area contributed by atoms with E-state index in [4.69, 9.17) is 9.90 Å². The van der Waals surface area contributed by atoms with Crippen LogP contribution in [0.2, 0.25) is 0 Å². The topological polar surface area (TPSA) is 90.0 Å². The van der Waals surface area contributed by atoms with E-state index in [2.05, 4.69) is 24.1 Å². The molecule has 0 unspecified atom stereocenters. The molecule has 35 heavy (non-hydrogen) atoms. The van der Waals surface area contributed by atoms with Gasteiger partial charge in [0, 0.05) is 44.2 Å². The molecule has 0 saturated carbocycles. The van der Waals surface area contributed by atoms with E-state index in [1.54, 1.807) is 12.1 Å². The molecular weight excluding hydrogens is 470 g/mol. The fourth-order valence-corrected chi connectivity index (χ4v) is 5.35. The van der Waals surface area contributed by atoms with Crippen LogP contribution in [0.25, 0.3) is 0 Å². The van der Waals surface area contributed by atoms with E-state index in [0.29, 0.717) is 31.3 Å². The molecule has 194 valence electrons. The minimum Gasteiger partial charge on any atom is -0.475 e. The molecule has 3 heterocycles. The highest BCUT2D eigenvalue weighted by Gasteiger charge is 2.57. The van der Waals surface area contributed by atoms with Crippen molar-refractivity contribution < 1.29 is 37.1 Å². The van der Waals surface area contributed by atoms with Crippen molar-refractivity contribution in [3.05, 3.63) is 35.6 Å². The SMILES string of the molecule is CC(C)CN1C[C@H]2C(=O)NC3(CCN(C(=O)Cc4ccc(F)cc4)CC3)[C@H]2C1.O=C(O)C(F)(F)F. The highest BCUT2D eigenvalue weighted by atomic mass is 19.4. The molecule has 1 aromatic carbocycles. The van der Waals surface area contributed by atoms with Gasteiger partial charge in [0.15, 0.2) is 0 Å². The highest BCUT2D eigenvalue weighted by molar-refractivity contribution is 5.84. The highest BCUT2D eigenvalue weighted by Crippen LogP contribution is 2.44. The molecule has 11 heteroatoms. The first-order chi connectivity index (χ1) is 16.3. The van der Waals surface area contributed by atoms with Gasteiger partial charge in [-0.1, -0.05) is 26.0 Å². The molecule has 2 N–H and O–H groups in total. The average Bonchev–Trinajstić information content (AvgIpc) is 3.28. The standard InChI is InChI=1S/C22H30FN3O2.C2HF3O2/c1-15(2)12-25-13-18-19(14-25)22(24-21(18)28)7-9-26(10-8-22)20(27)11-16-3-5-17(23)6-4-16;3-2(4,5)1(6)7/h3-6,15,18-19H,7-14H2,1-2H3,(H,24,28);(H,6,7)/t18-,19+;/m1./s1. The quantitative estimate of drug-likeness (QED) is 0.620. The Labute approximate surface area is 201 Å². The lowest BCUT2D eigenvalue weighted by atomic mass is 9.75. The van der Waals surface area contributed by atoms with E-state index in [-0.39, 0.29) is 29.1 Å². The number of likely N-dealkylation sites (tertiary alicyclic amines) is 2. The van der Waals surface area contributed by atoms with Gasteiger partial charge in [0.1, 0.15) is 5.82 Å². The van der Waals surface area contributed by atoms with Crippen molar-refractivity contribution in [2.75, 3.05) is 32.7 Å². The van der Waals surface area contributed by atoms with Crippen molar-refractivity contribution in [2.24, 2.45) is 17.8 Å². The summed E-state index contributed by atoms with van der Waals surface area (Å²) < 4.78 is 44.8. The molecule has 3 fully saturated rings. The molecule has 0 bridgehead atoms. The Morgan fingerprint density at radius 3 is 2.23 bits per heavy atom. The van der Waals surface area contributed by atoms with Crippen LogP contribution in [0.4, 0.5) is 17.6 Å². The number of carboxylic acid groups (broad SMARTS) is 1. The first kappa shape index (κ1) is 26.9. The zero-order chi connectivity index (χ0) is 26.0. The second-order valence-electron chi connectivity index (χ2n) is 9.96. The lowest BCUT2D eigenvalue weighted by Crippen LogP contribution is -2.56. The summed E-state index contributed by atoms with van der Waals surface area (Å²) in [6.07, 6.45) is -3.14. The number of piperidine rings is 1. The third-order valence-corrected chi connectivity index (χ3v) is 6.96. The van der Waals surface area contributed by atoms with Crippen molar-refractivity contribution in [3.63, 3.8) is 0 Å². The predicted octanol–water partition coefficient (Wildman–Crippen LogP) is 2.70. The molecular formula is C24H31F4N3O4. The minimum absolute atomic E-state index is 0.0789. The fourth-order valence-electron chi connectivity index (χ4n) is 5.35. The van der Waals surface area contributed by atoms with E-state index in [0.717, 1.165) is 38.0 Å². The Kier molecular flexibility index (Phi) is 8.08. The Bertz CT molecular complexity index is 928. The molecule has 1 aromatic rings. The van der Waals surface area contributed by atoms with Gasteiger partial charge >= 0.3 is 12.1 Å². The fraction of sp³-hybridized carbons (Fsp3) is 0.625. The van der Waals surface area contributed by atoms with E-state index < -0.39 is 12.1 Å². The van der Waals surface area contributed by atoms with Gasteiger partial charge in [-0.05, 0) is 36.5 Å². The number of carboxylic acids is 1. The normalized spacial score (nSPS) is 23.6. The maximum atomic E-state index is 13.1. The van der Waals surface area contributed by atoms with Gasteiger partial charge in [0.2, 0.25) is 11.8 Å². The molecule has 7 nitrogen and oxygen atoms in total. The Hall–Kier alpha value is -2.69. The average molecular weight is 502 g/mol. The van der Waals surface area contributed by atoms with Crippen LogP contribution in [-0.2, 0) is 20.8 Å². The van der Waals surface area contributed by atoms with Crippen LogP contribution in [0, 0.1) is 23.6 Å². The first-order valence-electron chi connectivity index (χ1n) is 11.7. The van der Waals surface area contributed by atoms with Gasteiger partial charge < -0.3 is 20.2 Å². The summed E-state index contributed by atoms with van der Waals surface area (Å²) in [5.41, 5.74) is 0.682. The summed E-state index contributed by atoms with van der Waals surface area (Å²) in [7, 11) is 0. The van der Waals surface area contributed by atoms with Gasteiger partial charge in [-0.25, -0.2) is 9.18 Å². The number of amides is 2. The molecule has 0 aliphatic carbocycles. The number of hydrogen-bond acceptors (Lipinski definition) is 4. The monoisotopic (exact) mass is 501 g/mol. The predicted molar refractivity (Wildman–Crippen MR) is 119 cm³/mol. The van der Waals surface area contributed by atoms with Crippen LogP contribution in [0.5, 0.6) is 0 Å². The number of rotatable bonds is 4. The third-order valence-electron chi connectivity index (χ3n) is 6.96. The summed E-state index contributed by atoms with van der Waals surface area (Å²) in [4.78, 5) is 38.5. The van der Waals surface area contributed by atoms with Gasteiger partial charge in [-0.3, -0.25) is 9.59 Å².